The molecule has 1 heterocycles. The zero-order valence-electron chi connectivity index (χ0n) is 16.7. The Labute approximate surface area is 169 Å². The molecule has 1 saturated heterocycles. The van der Waals surface area contributed by atoms with Crippen LogP contribution in [0.3, 0.4) is 0 Å². The second-order valence-corrected chi connectivity index (χ2v) is 6.71. The predicted octanol–water partition coefficient (Wildman–Crippen LogP) is 2.89. The first kappa shape index (κ1) is 20.3. The van der Waals surface area contributed by atoms with Gasteiger partial charge in [0.25, 0.3) is 0 Å². The van der Waals surface area contributed by atoms with Crippen LogP contribution in [-0.4, -0.2) is 46.4 Å². The summed E-state index contributed by atoms with van der Waals surface area (Å²) in [6, 6.07) is 12.1. The Morgan fingerprint density at radius 1 is 1.00 bits per heavy atom. The summed E-state index contributed by atoms with van der Waals surface area (Å²) < 4.78 is 15.5. The van der Waals surface area contributed by atoms with Gasteiger partial charge >= 0.3 is 6.03 Å². The molecule has 1 aliphatic rings. The van der Waals surface area contributed by atoms with Crippen LogP contribution in [0.25, 0.3) is 0 Å². The predicted molar refractivity (Wildman–Crippen MR) is 110 cm³/mol. The number of rotatable bonds is 7. The highest BCUT2D eigenvalue weighted by molar-refractivity contribution is 5.96. The summed E-state index contributed by atoms with van der Waals surface area (Å²) >= 11 is 0. The van der Waals surface area contributed by atoms with Crippen LogP contribution >= 0.6 is 0 Å². The van der Waals surface area contributed by atoms with Crippen molar-refractivity contribution in [1.82, 2.24) is 5.32 Å². The van der Waals surface area contributed by atoms with E-state index < -0.39 is 0 Å². The number of carbonyl (C=O) groups excluding carboxylic acids is 2. The summed E-state index contributed by atoms with van der Waals surface area (Å²) in [4.78, 5) is 26.3. The fourth-order valence-electron chi connectivity index (χ4n) is 3.22. The highest BCUT2D eigenvalue weighted by Crippen LogP contribution is 2.27. The molecule has 0 unspecified atom stereocenters. The van der Waals surface area contributed by atoms with Crippen molar-refractivity contribution in [1.29, 1.82) is 0 Å². The van der Waals surface area contributed by atoms with Crippen molar-refractivity contribution >= 4 is 23.3 Å². The second kappa shape index (κ2) is 9.18. The number of methoxy groups -OCH3 is 3. The summed E-state index contributed by atoms with van der Waals surface area (Å²) in [5.74, 6) is 1.98. The molecule has 0 saturated carbocycles. The van der Waals surface area contributed by atoms with Crippen molar-refractivity contribution in [3.63, 3.8) is 0 Å². The van der Waals surface area contributed by atoms with E-state index in [1.165, 1.54) is 0 Å². The lowest BCUT2D eigenvalue weighted by molar-refractivity contribution is -0.117. The number of hydrogen-bond acceptors (Lipinski definition) is 5. The number of ether oxygens (including phenoxy) is 3. The lowest BCUT2D eigenvalue weighted by Crippen LogP contribution is -2.34. The molecule has 8 nitrogen and oxygen atoms in total. The average molecular weight is 399 g/mol. The molecule has 0 spiro atoms. The topological polar surface area (TPSA) is 89.1 Å². The van der Waals surface area contributed by atoms with Gasteiger partial charge in [0.05, 0.1) is 21.3 Å². The van der Waals surface area contributed by atoms with Crippen LogP contribution in [0, 0.1) is 5.92 Å². The second-order valence-electron chi connectivity index (χ2n) is 6.71. The SMILES string of the molecule is COc1ccc(N2C[C@H](CNC(=O)Nc3cc(OC)cc(OC)c3)CC2=O)cc1. The summed E-state index contributed by atoms with van der Waals surface area (Å²) in [6.45, 7) is 0.948. The van der Waals surface area contributed by atoms with Crippen LogP contribution < -0.4 is 29.7 Å². The van der Waals surface area contributed by atoms with E-state index in [9.17, 15) is 9.59 Å². The van der Waals surface area contributed by atoms with E-state index in [1.807, 2.05) is 24.3 Å². The number of hydrogen-bond donors (Lipinski definition) is 2. The molecule has 154 valence electrons. The smallest absolute Gasteiger partial charge is 0.319 e. The molecular weight excluding hydrogens is 374 g/mol. The highest BCUT2D eigenvalue weighted by Gasteiger charge is 2.30. The molecule has 29 heavy (non-hydrogen) atoms. The van der Waals surface area contributed by atoms with Crippen LogP contribution in [0.1, 0.15) is 6.42 Å². The first-order chi connectivity index (χ1) is 14.0. The number of amides is 3. The minimum atomic E-state index is -0.351. The summed E-state index contributed by atoms with van der Waals surface area (Å²) in [5, 5.41) is 5.59. The molecule has 2 aromatic rings. The van der Waals surface area contributed by atoms with E-state index in [0.717, 1.165) is 11.4 Å². The van der Waals surface area contributed by atoms with Gasteiger partial charge in [-0.1, -0.05) is 0 Å². The first-order valence-electron chi connectivity index (χ1n) is 9.24. The van der Waals surface area contributed by atoms with Gasteiger partial charge in [-0.15, -0.1) is 0 Å². The van der Waals surface area contributed by atoms with Crippen molar-refractivity contribution in [3.8, 4) is 17.2 Å². The number of nitrogens with one attached hydrogen (secondary N) is 2. The fraction of sp³-hybridized carbons (Fsp3) is 0.333. The summed E-state index contributed by atoms with van der Waals surface area (Å²) in [7, 11) is 4.69. The van der Waals surface area contributed by atoms with E-state index in [2.05, 4.69) is 10.6 Å². The Bertz CT molecular complexity index is 847. The Morgan fingerprint density at radius 2 is 1.62 bits per heavy atom. The van der Waals surface area contributed by atoms with Gasteiger partial charge < -0.3 is 29.7 Å². The van der Waals surface area contributed by atoms with Crippen LogP contribution in [0.5, 0.6) is 17.2 Å². The number of anilines is 2. The van der Waals surface area contributed by atoms with Gasteiger partial charge in [0.1, 0.15) is 17.2 Å². The molecule has 2 N–H and O–H groups in total. The van der Waals surface area contributed by atoms with Crippen LogP contribution in [0.2, 0.25) is 0 Å². The lowest BCUT2D eigenvalue weighted by atomic mass is 10.1. The number of carbonyl (C=O) groups is 2. The lowest BCUT2D eigenvalue weighted by Gasteiger charge is -2.17. The molecule has 8 heteroatoms. The van der Waals surface area contributed by atoms with Crippen molar-refractivity contribution in [3.05, 3.63) is 42.5 Å². The standard InChI is InChI=1S/C21H25N3O5/c1-27-17-6-4-16(5-7-17)24-13-14(8-20(24)25)12-22-21(26)23-15-9-18(28-2)11-19(10-15)29-3/h4-7,9-11,14H,8,12-13H2,1-3H3,(H2,22,23,26)/t14-/m0/s1. The minimum absolute atomic E-state index is 0.0372. The molecule has 0 radical (unpaired) electrons. The van der Waals surface area contributed by atoms with Gasteiger partial charge in [0, 0.05) is 55.0 Å². The highest BCUT2D eigenvalue weighted by atomic mass is 16.5. The van der Waals surface area contributed by atoms with Gasteiger partial charge in [-0.3, -0.25) is 4.79 Å². The molecule has 3 rings (SSSR count). The third-order valence-electron chi connectivity index (χ3n) is 4.75. The largest absolute Gasteiger partial charge is 0.497 e. The zero-order valence-corrected chi connectivity index (χ0v) is 16.7. The Balaban J connectivity index is 1.53. The van der Waals surface area contributed by atoms with Crippen molar-refractivity contribution in [2.24, 2.45) is 5.92 Å². The third kappa shape index (κ3) is 5.10. The molecule has 1 fully saturated rings. The monoisotopic (exact) mass is 399 g/mol. The van der Waals surface area contributed by atoms with Gasteiger partial charge in [0.2, 0.25) is 5.91 Å². The fourth-order valence-corrected chi connectivity index (χ4v) is 3.22. The van der Waals surface area contributed by atoms with E-state index in [1.54, 1.807) is 44.4 Å². The van der Waals surface area contributed by atoms with Gasteiger partial charge in [-0.05, 0) is 24.3 Å². The normalized spacial score (nSPS) is 15.8. The average Bonchev–Trinajstić information content (AvgIpc) is 3.12. The van der Waals surface area contributed by atoms with E-state index in [0.29, 0.717) is 36.7 Å². The molecule has 1 atom stereocenters. The van der Waals surface area contributed by atoms with Crippen LogP contribution in [-0.2, 0) is 4.79 Å². The van der Waals surface area contributed by atoms with Crippen LogP contribution in [0.4, 0.5) is 16.2 Å². The molecule has 2 aromatic carbocycles. The first-order valence-corrected chi connectivity index (χ1v) is 9.24. The number of urea groups is 1. The molecule has 0 aliphatic carbocycles. The Kier molecular flexibility index (Phi) is 6.43. The summed E-state index contributed by atoms with van der Waals surface area (Å²) in [6.07, 6.45) is 0.388. The molecular formula is C21H25N3O5. The third-order valence-corrected chi connectivity index (χ3v) is 4.75. The quantitative estimate of drug-likeness (QED) is 0.747. The van der Waals surface area contributed by atoms with Crippen molar-refractivity contribution < 1.29 is 23.8 Å². The molecule has 1 aliphatic heterocycles. The minimum Gasteiger partial charge on any atom is -0.497 e. The molecule has 0 aromatic heterocycles. The maximum Gasteiger partial charge on any atom is 0.319 e. The van der Waals surface area contributed by atoms with Crippen LogP contribution in [0.15, 0.2) is 42.5 Å². The van der Waals surface area contributed by atoms with Crippen molar-refractivity contribution in [2.75, 3.05) is 44.6 Å². The zero-order chi connectivity index (χ0) is 20.8. The maximum absolute atomic E-state index is 12.4. The molecule has 0 bridgehead atoms. The number of benzene rings is 2. The van der Waals surface area contributed by atoms with Gasteiger partial charge in [-0.25, -0.2) is 4.79 Å². The Hall–Kier alpha value is -3.42. The van der Waals surface area contributed by atoms with E-state index in [-0.39, 0.29) is 17.9 Å². The maximum atomic E-state index is 12.4. The van der Waals surface area contributed by atoms with Gasteiger partial charge in [-0.2, -0.15) is 0 Å². The van der Waals surface area contributed by atoms with Crippen molar-refractivity contribution in [2.45, 2.75) is 6.42 Å². The Morgan fingerprint density at radius 3 is 2.21 bits per heavy atom. The number of nitrogens with zero attached hydrogens (tertiary/aromatic N) is 1. The molecule has 3 amide bonds. The summed E-state index contributed by atoms with van der Waals surface area (Å²) in [5.41, 5.74) is 1.38. The van der Waals surface area contributed by atoms with E-state index in [4.69, 9.17) is 14.2 Å². The van der Waals surface area contributed by atoms with E-state index >= 15 is 0 Å². The van der Waals surface area contributed by atoms with Gasteiger partial charge in [0.15, 0.2) is 0 Å².